The standard InChI is InChI=1S/C22H19NO3/c24-21(19-11-10-17-8-4-5-9-18(17)15-19)12-13-23-20(22(25)26)14-16-6-2-1-3-7-16/h1-13,15,20,23H,14H2,(H,25,26)/b13-12-/t20-/m0/s1. The number of allylic oxidation sites excluding steroid dienone is 1. The van der Waals surface area contributed by atoms with E-state index in [2.05, 4.69) is 5.32 Å². The van der Waals surface area contributed by atoms with Gasteiger partial charge in [0.15, 0.2) is 5.78 Å². The number of aliphatic carboxylic acids is 1. The van der Waals surface area contributed by atoms with Crippen molar-refractivity contribution in [3.8, 4) is 0 Å². The van der Waals surface area contributed by atoms with Gasteiger partial charge in [-0.05, 0) is 22.4 Å². The van der Waals surface area contributed by atoms with Gasteiger partial charge in [-0.2, -0.15) is 0 Å². The molecule has 0 bridgehead atoms. The summed E-state index contributed by atoms with van der Waals surface area (Å²) < 4.78 is 0. The number of rotatable bonds is 7. The van der Waals surface area contributed by atoms with Gasteiger partial charge in [0.25, 0.3) is 0 Å². The molecule has 26 heavy (non-hydrogen) atoms. The Hall–Kier alpha value is -3.40. The van der Waals surface area contributed by atoms with Crippen molar-refractivity contribution >= 4 is 22.5 Å². The van der Waals surface area contributed by atoms with Crippen molar-refractivity contribution in [1.29, 1.82) is 0 Å². The zero-order chi connectivity index (χ0) is 18.4. The maximum Gasteiger partial charge on any atom is 0.326 e. The molecule has 0 amide bonds. The molecule has 0 unspecified atom stereocenters. The van der Waals surface area contributed by atoms with Gasteiger partial charge in [0, 0.05) is 24.3 Å². The molecule has 0 fully saturated rings. The molecule has 0 spiro atoms. The molecule has 1 atom stereocenters. The lowest BCUT2D eigenvalue weighted by Crippen LogP contribution is -2.35. The van der Waals surface area contributed by atoms with Crippen LogP contribution >= 0.6 is 0 Å². The summed E-state index contributed by atoms with van der Waals surface area (Å²) in [6, 6.07) is 21.9. The second-order valence-electron chi connectivity index (χ2n) is 6.01. The number of hydrogen-bond donors (Lipinski definition) is 2. The second-order valence-corrected chi connectivity index (χ2v) is 6.01. The van der Waals surface area contributed by atoms with Crippen molar-refractivity contribution in [2.24, 2.45) is 0 Å². The predicted octanol–water partition coefficient (Wildman–Crippen LogP) is 3.82. The van der Waals surface area contributed by atoms with Crippen molar-refractivity contribution in [3.05, 3.63) is 96.2 Å². The number of fused-ring (bicyclic) bond motifs is 1. The van der Waals surface area contributed by atoms with E-state index < -0.39 is 12.0 Å². The maximum absolute atomic E-state index is 12.3. The number of carbonyl (C=O) groups is 2. The Kier molecular flexibility index (Phi) is 5.44. The van der Waals surface area contributed by atoms with Gasteiger partial charge >= 0.3 is 5.97 Å². The molecule has 0 saturated heterocycles. The summed E-state index contributed by atoms with van der Waals surface area (Å²) in [5, 5.41) is 14.2. The van der Waals surface area contributed by atoms with Crippen LogP contribution < -0.4 is 5.32 Å². The number of carboxylic acid groups (broad SMARTS) is 1. The summed E-state index contributed by atoms with van der Waals surface area (Å²) in [4.78, 5) is 23.7. The van der Waals surface area contributed by atoms with Gasteiger partial charge in [-0.1, -0.05) is 66.7 Å². The fourth-order valence-corrected chi connectivity index (χ4v) is 2.75. The molecule has 0 saturated carbocycles. The highest BCUT2D eigenvalue weighted by molar-refractivity contribution is 6.06. The molecule has 2 N–H and O–H groups in total. The molecule has 3 rings (SSSR count). The number of carboxylic acids is 1. The van der Waals surface area contributed by atoms with Crippen LogP contribution in [0.2, 0.25) is 0 Å². The molecule has 3 aromatic rings. The quantitative estimate of drug-likeness (QED) is 0.505. The lowest BCUT2D eigenvalue weighted by Gasteiger charge is -2.12. The second kappa shape index (κ2) is 8.12. The zero-order valence-electron chi connectivity index (χ0n) is 14.1. The number of carbonyl (C=O) groups excluding carboxylic acids is 1. The van der Waals surface area contributed by atoms with Crippen LogP contribution in [0.3, 0.4) is 0 Å². The lowest BCUT2D eigenvalue weighted by molar-refractivity contribution is -0.139. The van der Waals surface area contributed by atoms with Crippen molar-refractivity contribution in [3.63, 3.8) is 0 Å². The first-order valence-corrected chi connectivity index (χ1v) is 8.36. The van der Waals surface area contributed by atoms with Crippen LogP contribution in [-0.2, 0) is 11.2 Å². The van der Waals surface area contributed by atoms with Gasteiger partial charge in [-0.15, -0.1) is 0 Å². The normalized spacial score (nSPS) is 12.2. The minimum atomic E-state index is -0.961. The van der Waals surface area contributed by atoms with Crippen LogP contribution in [0.4, 0.5) is 0 Å². The first-order chi connectivity index (χ1) is 12.6. The highest BCUT2D eigenvalue weighted by atomic mass is 16.4. The van der Waals surface area contributed by atoms with E-state index in [0.717, 1.165) is 16.3 Å². The smallest absolute Gasteiger partial charge is 0.326 e. The highest BCUT2D eigenvalue weighted by Gasteiger charge is 2.16. The molecule has 0 aliphatic carbocycles. The Morgan fingerprint density at radius 1 is 0.923 bits per heavy atom. The number of ketones is 1. The van der Waals surface area contributed by atoms with Gasteiger partial charge in [-0.25, -0.2) is 4.79 Å². The van der Waals surface area contributed by atoms with Gasteiger partial charge in [0.05, 0.1) is 0 Å². The number of nitrogens with one attached hydrogen (secondary N) is 1. The molecular weight excluding hydrogens is 326 g/mol. The molecule has 4 heteroatoms. The van der Waals surface area contributed by atoms with Crippen LogP contribution in [-0.4, -0.2) is 22.9 Å². The topological polar surface area (TPSA) is 66.4 Å². The molecule has 0 heterocycles. The van der Waals surface area contributed by atoms with Gasteiger partial charge in [0.1, 0.15) is 6.04 Å². The summed E-state index contributed by atoms with van der Waals surface area (Å²) >= 11 is 0. The molecule has 0 radical (unpaired) electrons. The number of hydrogen-bond acceptors (Lipinski definition) is 3. The number of benzene rings is 3. The van der Waals surface area contributed by atoms with E-state index in [1.807, 2.05) is 66.7 Å². The largest absolute Gasteiger partial charge is 0.480 e. The third-order valence-electron chi connectivity index (χ3n) is 4.15. The van der Waals surface area contributed by atoms with Crippen LogP contribution in [0.15, 0.2) is 85.1 Å². The molecule has 3 aromatic carbocycles. The summed E-state index contributed by atoms with van der Waals surface area (Å²) in [7, 11) is 0. The van der Waals surface area contributed by atoms with Crippen molar-refractivity contribution in [2.75, 3.05) is 0 Å². The van der Waals surface area contributed by atoms with E-state index in [-0.39, 0.29) is 5.78 Å². The summed E-state index contributed by atoms with van der Waals surface area (Å²) in [5.41, 5.74) is 1.48. The van der Waals surface area contributed by atoms with Crippen LogP contribution in [0.1, 0.15) is 15.9 Å². The Balaban J connectivity index is 1.66. The third-order valence-corrected chi connectivity index (χ3v) is 4.15. The predicted molar refractivity (Wildman–Crippen MR) is 102 cm³/mol. The van der Waals surface area contributed by atoms with E-state index in [4.69, 9.17) is 0 Å². The van der Waals surface area contributed by atoms with E-state index >= 15 is 0 Å². The first kappa shape index (κ1) is 17.4. The van der Waals surface area contributed by atoms with Crippen molar-refractivity contribution < 1.29 is 14.7 Å². The maximum atomic E-state index is 12.3. The first-order valence-electron chi connectivity index (χ1n) is 8.36. The van der Waals surface area contributed by atoms with Crippen molar-refractivity contribution in [1.82, 2.24) is 5.32 Å². The summed E-state index contributed by atoms with van der Waals surface area (Å²) in [5.74, 6) is -1.14. The minimum Gasteiger partial charge on any atom is -0.480 e. The average Bonchev–Trinajstić information content (AvgIpc) is 2.67. The molecule has 0 aliphatic rings. The van der Waals surface area contributed by atoms with Crippen LogP contribution in [0, 0.1) is 0 Å². The van der Waals surface area contributed by atoms with Gasteiger partial charge in [0.2, 0.25) is 0 Å². The molecule has 4 nitrogen and oxygen atoms in total. The van der Waals surface area contributed by atoms with E-state index in [1.165, 1.54) is 12.3 Å². The Morgan fingerprint density at radius 2 is 1.62 bits per heavy atom. The molecule has 0 aliphatic heterocycles. The molecule has 130 valence electrons. The van der Waals surface area contributed by atoms with E-state index in [9.17, 15) is 14.7 Å². The van der Waals surface area contributed by atoms with Crippen LogP contribution in [0.5, 0.6) is 0 Å². The Labute approximate surface area is 151 Å². The monoisotopic (exact) mass is 345 g/mol. The highest BCUT2D eigenvalue weighted by Crippen LogP contribution is 2.16. The fourth-order valence-electron chi connectivity index (χ4n) is 2.75. The summed E-state index contributed by atoms with van der Waals surface area (Å²) in [6.07, 6.45) is 3.12. The summed E-state index contributed by atoms with van der Waals surface area (Å²) in [6.45, 7) is 0. The van der Waals surface area contributed by atoms with Gasteiger partial charge in [-0.3, -0.25) is 4.79 Å². The van der Waals surface area contributed by atoms with Crippen LogP contribution in [0.25, 0.3) is 10.8 Å². The Morgan fingerprint density at radius 3 is 2.35 bits per heavy atom. The Bertz CT molecular complexity index is 948. The SMILES string of the molecule is O=C(/C=C\N[C@@H](Cc1ccccc1)C(=O)O)c1ccc2ccccc2c1. The minimum absolute atomic E-state index is 0.174. The van der Waals surface area contributed by atoms with E-state index in [0.29, 0.717) is 12.0 Å². The molecule has 0 aromatic heterocycles. The lowest BCUT2D eigenvalue weighted by atomic mass is 10.0. The molecular formula is C22H19NO3. The van der Waals surface area contributed by atoms with E-state index in [1.54, 1.807) is 6.07 Å². The average molecular weight is 345 g/mol. The zero-order valence-corrected chi connectivity index (χ0v) is 14.1. The fraction of sp³-hybridized carbons (Fsp3) is 0.0909. The van der Waals surface area contributed by atoms with Crippen molar-refractivity contribution in [2.45, 2.75) is 12.5 Å². The third kappa shape index (κ3) is 4.36. The van der Waals surface area contributed by atoms with Gasteiger partial charge < -0.3 is 10.4 Å².